The molecule has 118 valence electrons. The molecule has 0 fully saturated rings. The van der Waals surface area contributed by atoms with Gasteiger partial charge in [0.2, 0.25) is 11.1 Å². The van der Waals surface area contributed by atoms with Crippen LogP contribution in [0.5, 0.6) is 5.75 Å². The van der Waals surface area contributed by atoms with E-state index in [4.69, 9.17) is 16.3 Å². The quantitative estimate of drug-likeness (QED) is 0.789. The second kappa shape index (κ2) is 6.42. The lowest BCUT2D eigenvalue weighted by Gasteiger charge is -2.11. The largest absolute Gasteiger partial charge is 0.489 e. The Morgan fingerprint density at radius 2 is 1.96 bits per heavy atom. The van der Waals surface area contributed by atoms with Crippen LogP contribution in [0.15, 0.2) is 48.5 Å². The third kappa shape index (κ3) is 3.22. The van der Waals surface area contributed by atoms with Crippen molar-refractivity contribution in [1.82, 2.24) is 0 Å². The van der Waals surface area contributed by atoms with Crippen LogP contribution in [0.1, 0.15) is 23.5 Å². The predicted octanol–water partition coefficient (Wildman–Crippen LogP) is 3.48. The second-order valence-corrected chi connectivity index (χ2v) is 5.93. The zero-order valence-electron chi connectivity index (χ0n) is 12.7. The molecule has 1 amide bonds. The highest BCUT2D eigenvalue weighted by molar-refractivity contribution is 6.63. The summed E-state index contributed by atoms with van der Waals surface area (Å²) in [6.07, 6.45) is -0.000131. The Hall–Kier alpha value is -2.33. The van der Waals surface area contributed by atoms with E-state index in [-0.39, 0.29) is 12.3 Å². The van der Waals surface area contributed by atoms with Gasteiger partial charge in [-0.3, -0.25) is 9.59 Å². The van der Waals surface area contributed by atoms with Gasteiger partial charge < -0.3 is 9.64 Å². The summed E-state index contributed by atoms with van der Waals surface area (Å²) in [6.45, 7) is 0.447. The third-order valence-electron chi connectivity index (χ3n) is 3.98. The Kier molecular flexibility index (Phi) is 4.35. The number of anilines is 1. The predicted molar refractivity (Wildman–Crippen MR) is 88.8 cm³/mol. The number of fused-ring (bicyclic) bond motifs is 1. The SMILES string of the molecule is CN1C(=O)C(CC(=O)Cl)c2cc(OCc3ccccc3)ccc21. The van der Waals surface area contributed by atoms with Gasteiger partial charge in [-0.1, -0.05) is 30.3 Å². The summed E-state index contributed by atoms with van der Waals surface area (Å²) in [6, 6.07) is 15.3. The standard InChI is InChI=1S/C18H16ClNO3/c1-20-16-8-7-13(23-11-12-5-3-2-4-6-12)9-14(16)15(18(20)22)10-17(19)21/h2-9,15H,10-11H2,1H3. The van der Waals surface area contributed by atoms with Crippen molar-refractivity contribution in [2.75, 3.05) is 11.9 Å². The maximum Gasteiger partial charge on any atom is 0.234 e. The zero-order valence-corrected chi connectivity index (χ0v) is 13.4. The van der Waals surface area contributed by atoms with E-state index in [0.29, 0.717) is 12.4 Å². The summed E-state index contributed by atoms with van der Waals surface area (Å²) in [4.78, 5) is 25.0. The van der Waals surface area contributed by atoms with E-state index >= 15 is 0 Å². The molecule has 5 heteroatoms. The molecule has 23 heavy (non-hydrogen) atoms. The minimum absolute atomic E-state index is 0.000131. The van der Waals surface area contributed by atoms with Crippen LogP contribution in [0, 0.1) is 0 Å². The highest BCUT2D eigenvalue weighted by atomic mass is 35.5. The lowest BCUT2D eigenvalue weighted by Crippen LogP contribution is -2.24. The number of hydrogen-bond acceptors (Lipinski definition) is 3. The van der Waals surface area contributed by atoms with Crippen molar-refractivity contribution in [2.45, 2.75) is 18.9 Å². The first-order chi connectivity index (χ1) is 11.1. The van der Waals surface area contributed by atoms with Gasteiger partial charge in [0.25, 0.3) is 0 Å². The first-order valence-corrected chi connectivity index (χ1v) is 7.70. The Morgan fingerprint density at radius 1 is 1.22 bits per heavy atom. The molecular weight excluding hydrogens is 314 g/mol. The first-order valence-electron chi connectivity index (χ1n) is 7.33. The minimum Gasteiger partial charge on any atom is -0.489 e. The fourth-order valence-electron chi connectivity index (χ4n) is 2.79. The number of carbonyl (C=O) groups is 2. The molecule has 0 aromatic heterocycles. The van der Waals surface area contributed by atoms with Gasteiger partial charge in [0, 0.05) is 19.2 Å². The smallest absolute Gasteiger partial charge is 0.234 e. The Balaban J connectivity index is 1.82. The molecule has 2 aromatic carbocycles. The summed E-state index contributed by atoms with van der Waals surface area (Å²) in [5.74, 6) is 0.0252. The summed E-state index contributed by atoms with van der Waals surface area (Å²) in [7, 11) is 1.70. The molecule has 4 nitrogen and oxygen atoms in total. The number of ether oxygens (including phenoxy) is 1. The summed E-state index contributed by atoms with van der Waals surface area (Å²) < 4.78 is 5.79. The molecule has 0 spiro atoms. The van der Waals surface area contributed by atoms with Gasteiger partial charge in [0.05, 0.1) is 5.92 Å². The lowest BCUT2D eigenvalue weighted by molar-refractivity contribution is -0.121. The molecule has 3 rings (SSSR count). The molecule has 0 N–H and O–H groups in total. The van der Waals surface area contributed by atoms with Crippen LogP contribution in [0.25, 0.3) is 0 Å². The molecule has 0 radical (unpaired) electrons. The van der Waals surface area contributed by atoms with Gasteiger partial charge in [0.15, 0.2) is 0 Å². The normalized spacial score (nSPS) is 16.3. The van der Waals surface area contributed by atoms with Crippen LogP contribution in [0.3, 0.4) is 0 Å². The maximum absolute atomic E-state index is 12.3. The van der Waals surface area contributed by atoms with Crippen LogP contribution in [-0.2, 0) is 16.2 Å². The average Bonchev–Trinajstić information content (AvgIpc) is 2.78. The van der Waals surface area contributed by atoms with Gasteiger partial charge in [-0.2, -0.15) is 0 Å². The van der Waals surface area contributed by atoms with Gasteiger partial charge in [-0.25, -0.2) is 0 Å². The molecule has 1 aliphatic rings. The number of amides is 1. The number of carbonyl (C=O) groups excluding carboxylic acids is 2. The highest BCUT2D eigenvalue weighted by Gasteiger charge is 2.36. The van der Waals surface area contributed by atoms with Crippen molar-refractivity contribution in [3.05, 3.63) is 59.7 Å². The highest BCUT2D eigenvalue weighted by Crippen LogP contribution is 2.40. The van der Waals surface area contributed by atoms with Crippen molar-refractivity contribution in [3.63, 3.8) is 0 Å². The van der Waals surface area contributed by atoms with E-state index < -0.39 is 11.2 Å². The summed E-state index contributed by atoms with van der Waals surface area (Å²) in [5.41, 5.74) is 2.65. The average molecular weight is 330 g/mol. The Labute approximate surface area is 139 Å². The number of benzene rings is 2. The third-order valence-corrected chi connectivity index (χ3v) is 4.13. The van der Waals surface area contributed by atoms with Crippen molar-refractivity contribution in [2.24, 2.45) is 0 Å². The zero-order chi connectivity index (χ0) is 16.4. The maximum atomic E-state index is 12.3. The molecule has 0 saturated heterocycles. The molecule has 0 saturated carbocycles. The topological polar surface area (TPSA) is 46.6 Å². The van der Waals surface area contributed by atoms with Crippen molar-refractivity contribution in [1.29, 1.82) is 0 Å². The minimum atomic E-state index is -0.528. The van der Waals surface area contributed by atoms with Gasteiger partial charge >= 0.3 is 0 Å². The fraction of sp³-hybridized carbons (Fsp3) is 0.222. The van der Waals surface area contributed by atoms with Crippen molar-refractivity contribution < 1.29 is 14.3 Å². The van der Waals surface area contributed by atoms with E-state index in [1.165, 1.54) is 0 Å². The fourth-order valence-corrected chi connectivity index (χ4v) is 2.95. The van der Waals surface area contributed by atoms with E-state index in [9.17, 15) is 9.59 Å². The second-order valence-electron chi connectivity index (χ2n) is 5.50. The van der Waals surface area contributed by atoms with Crippen LogP contribution in [0.4, 0.5) is 5.69 Å². The van der Waals surface area contributed by atoms with Crippen LogP contribution in [-0.4, -0.2) is 18.2 Å². The number of rotatable bonds is 5. The van der Waals surface area contributed by atoms with E-state index in [1.54, 1.807) is 11.9 Å². The number of nitrogens with zero attached hydrogens (tertiary/aromatic N) is 1. The van der Waals surface area contributed by atoms with Crippen LogP contribution >= 0.6 is 11.6 Å². The van der Waals surface area contributed by atoms with E-state index in [1.807, 2.05) is 48.5 Å². The van der Waals surface area contributed by atoms with Gasteiger partial charge in [0.1, 0.15) is 12.4 Å². The molecular formula is C18H16ClNO3. The monoisotopic (exact) mass is 329 g/mol. The van der Waals surface area contributed by atoms with E-state index in [0.717, 1.165) is 16.8 Å². The molecule has 1 heterocycles. The first kappa shape index (κ1) is 15.6. The number of halogens is 1. The van der Waals surface area contributed by atoms with Crippen LogP contribution < -0.4 is 9.64 Å². The van der Waals surface area contributed by atoms with Gasteiger partial charge in [-0.15, -0.1) is 0 Å². The molecule has 0 bridgehead atoms. The molecule has 1 atom stereocenters. The van der Waals surface area contributed by atoms with Crippen LogP contribution in [0.2, 0.25) is 0 Å². The molecule has 0 aliphatic carbocycles. The number of likely N-dealkylation sites (N-methyl/N-ethyl adjacent to an activating group) is 1. The molecule has 2 aromatic rings. The number of hydrogen-bond donors (Lipinski definition) is 0. The Bertz CT molecular complexity index is 745. The van der Waals surface area contributed by atoms with E-state index in [2.05, 4.69) is 0 Å². The summed E-state index contributed by atoms with van der Waals surface area (Å²) in [5, 5.41) is -0.514. The van der Waals surface area contributed by atoms with Crippen molar-refractivity contribution >= 4 is 28.4 Å². The Morgan fingerprint density at radius 3 is 2.65 bits per heavy atom. The molecule has 1 aliphatic heterocycles. The summed E-state index contributed by atoms with van der Waals surface area (Å²) >= 11 is 5.48. The lowest BCUT2D eigenvalue weighted by atomic mass is 9.98. The van der Waals surface area contributed by atoms with Gasteiger partial charge in [-0.05, 0) is 40.9 Å². The van der Waals surface area contributed by atoms with Crippen molar-refractivity contribution in [3.8, 4) is 5.75 Å². The molecule has 1 unspecified atom stereocenters.